The Morgan fingerprint density at radius 3 is 2.43 bits per heavy atom. The van der Waals surface area contributed by atoms with Crippen molar-refractivity contribution in [2.24, 2.45) is 0 Å². The lowest BCUT2D eigenvalue weighted by Gasteiger charge is -2.20. The van der Waals surface area contributed by atoms with Crippen LogP contribution in [-0.2, 0) is 9.53 Å². The summed E-state index contributed by atoms with van der Waals surface area (Å²) in [7, 11) is 3.08. The fourth-order valence-corrected chi connectivity index (χ4v) is 2.18. The van der Waals surface area contributed by atoms with Crippen LogP contribution in [-0.4, -0.2) is 32.8 Å². The van der Waals surface area contributed by atoms with Gasteiger partial charge in [-0.25, -0.2) is 4.79 Å². The Morgan fingerprint density at radius 1 is 1.24 bits per heavy atom. The summed E-state index contributed by atoms with van der Waals surface area (Å²) in [6.45, 7) is 4.14. The van der Waals surface area contributed by atoms with Gasteiger partial charge in [-0.2, -0.15) is 0 Å². The van der Waals surface area contributed by atoms with E-state index in [-0.39, 0.29) is 5.97 Å². The molecule has 1 N–H and O–H groups in total. The number of ether oxygens (including phenoxy) is 3. The Hall–Kier alpha value is -1.62. The number of carbonyl (C=O) groups excluding carboxylic acids is 1. The van der Waals surface area contributed by atoms with Gasteiger partial charge in [-0.3, -0.25) is 0 Å². The Labute approximate surface area is 130 Å². The smallest absolute Gasteiger partial charge is 0.328 e. The van der Waals surface area contributed by atoms with E-state index in [0.29, 0.717) is 35.2 Å². The summed E-state index contributed by atoms with van der Waals surface area (Å²) in [5.74, 6) is 0.789. The molecule has 0 aromatic heterocycles. The molecule has 0 radical (unpaired) electrons. The van der Waals surface area contributed by atoms with E-state index in [9.17, 15) is 4.79 Å². The molecule has 21 heavy (non-hydrogen) atoms. The molecule has 1 atom stereocenters. The molecule has 0 heterocycles. The monoisotopic (exact) mass is 315 g/mol. The molecule has 0 saturated carbocycles. The summed E-state index contributed by atoms with van der Waals surface area (Å²) < 4.78 is 15.5. The van der Waals surface area contributed by atoms with Gasteiger partial charge in [0.2, 0.25) is 0 Å². The van der Waals surface area contributed by atoms with E-state index in [1.807, 2.05) is 6.92 Å². The van der Waals surface area contributed by atoms with Crippen LogP contribution >= 0.6 is 11.6 Å². The predicted octanol–water partition coefficient (Wildman–Crippen LogP) is 3.50. The number of anilines is 1. The van der Waals surface area contributed by atoms with Crippen LogP contribution in [0.15, 0.2) is 12.1 Å². The van der Waals surface area contributed by atoms with E-state index in [1.54, 1.807) is 26.2 Å². The third-order valence-electron chi connectivity index (χ3n) is 2.95. The van der Waals surface area contributed by atoms with Crippen LogP contribution in [0.5, 0.6) is 11.5 Å². The third kappa shape index (κ3) is 4.70. The van der Waals surface area contributed by atoms with Gasteiger partial charge < -0.3 is 19.5 Å². The molecule has 1 rings (SSSR count). The van der Waals surface area contributed by atoms with E-state index in [2.05, 4.69) is 5.32 Å². The zero-order valence-electron chi connectivity index (χ0n) is 12.9. The Bertz CT molecular complexity index is 479. The average molecular weight is 316 g/mol. The minimum absolute atomic E-state index is 0.284. The second-order valence-electron chi connectivity index (χ2n) is 4.42. The number of hydrogen-bond acceptors (Lipinski definition) is 5. The highest BCUT2D eigenvalue weighted by atomic mass is 35.5. The fraction of sp³-hybridized carbons (Fsp3) is 0.533. The van der Waals surface area contributed by atoms with Gasteiger partial charge in [-0.15, -0.1) is 0 Å². The Balaban J connectivity index is 3.02. The van der Waals surface area contributed by atoms with Crippen LogP contribution in [0.1, 0.15) is 26.7 Å². The molecule has 0 aliphatic carbocycles. The molecule has 0 spiro atoms. The van der Waals surface area contributed by atoms with Crippen LogP contribution in [0, 0.1) is 0 Å². The first-order chi connectivity index (χ1) is 10.1. The van der Waals surface area contributed by atoms with E-state index < -0.39 is 6.04 Å². The van der Waals surface area contributed by atoms with Crippen LogP contribution in [0.4, 0.5) is 5.69 Å². The van der Waals surface area contributed by atoms with E-state index >= 15 is 0 Å². The van der Waals surface area contributed by atoms with Crippen molar-refractivity contribution in [2.45, 2.75) is 32.7 Å². The van der Waals surface area contributed by atoms with Gasteiger partial charge in [0.15, 0.2) is 0 Å². The molecule has 1 aromatic rings. The lowest BCUT2D eigenvalue weighted by Crippen LogP contribution is -2.31. The predicted molar refractivity (Wildman–Crippen MR) is 83.5 cm³/mol. The lowest BCUT2D eigenvalue weighted by atomic mass is 10.1. The third-order valence-corrected chi connectivity index (χ3v) is 3.25. The number of hydrogen-bond donors (Lipinski definition) is 1. The van der Waals surface area contributed by atoms with Crippen LogP contribution in [0.25, 0.3) is 0 Å². The fourth-order valence-electron chi connectivity index (χ4n) is 1.94. The van der Waals surface area contributed by atoms with Gasteiger partial charge in [-0.1, -0.05) is 24.9 Å². The number of esters is 1. The Morgan fingerprint density at radius 2 is 1.90 bits per heavy atom. The number of halogens is 1. The SMILES string of the molecule is CCCC(Nc1cc(Cl)c(OC)cc1OC)C(=O)OCC. The molecule has 5 nitrogen and oxygen atoms in total. The van der Waals surface area contributed by atoms with Crippen molar-refractivity contribution in [2.75, 3.05) is 26.1 Å². The van der Waals surface area contributed by atoms with Crippen LogP contribution in [0.2, 0.25) is 5.02 Å². The van der Waals surface area contributed by atoms with Gasteiger partial charge in [0.1, 0.15) is 17.5 Å². The molecule has 0 bridgehead atoms. The highest BCUT2D eigenvalue weighted by molar-refractivity contribution is 6.32. The van der Waals surface area contributed by atoms with Gasteiger partial charge in [0.25, 0.3) is 0 Å². The lowest BCUT2D eigenvalue weighted by molar-refractivity contribution is -0.144. The van der Waals surface area contributed by atoms with Gasteiger partial charge >= 0.3 is 5.97 Å². The Kier molecular flexibility index (Phi) is 7.15. The second-order valence-corrected chi connectivity index (χ2v) is 4.83. The summed E-state index contributed by atoms with van der Waals surface area (Å²) >= 11 is 6.12. The largest absolute Gasteiger partial charge is 0.495 e. The normalized spacial score (nSPS) is 11.7. The summed E-state index contributed by atoms with van der Waals surface area (Å²) in [4.78, 5) is 12.0. The maximum atomic E-state index is 12.0. The first-order valence-electron chi connectivity index (χ1n) is 6.92. The van der Waals surface area contributed by atoms with E-state index in [1.165, 1.54) is 7.11 Å². The maximum absolute atomic E-state index is 12.0. The van der Waals surface area contributed by atoms with Crippen molar-refractivity contribution in [1.82, 2.24) is 0 Å². The molecule has 0 saturated heterocycles. The van der Waals surface area contributed by atoms with Crippen LogP contribution < -0.4 is 14.8 Å². The van der Waals surface area contributed by atoms with Crippen LogP contribution in [0.3, 0.4) is 0 Å². The summed E-state index contributed by atoms with van der Waals surface area (Å²) in [6, 6.07) is 2.92. The van der Waals surface area contributed by atoms with Crippen molar-refractivity contribution >= 4 is 23.3 Å². The summed E-state index contributed by atoms with van der Waals surface area (Å²) in [6.07, 6.45) is 1.51. The molecular formula is C15H22ClNO4. The van der Waals surface area contributed by atoms with Gasteiger partial charge in [0.05, 0.1) is 31.5 Å². The van der Waals surface area contributed by atoms with Crippen molar-refractivity contribution in [3.8, 4) is 11.5 Å². The maximum Gasteiger partial charge on any atom is 0.328 e. The van der Waals surface area contributed by atoms with Gasteiger partial charge in [0, 0.05) is 6.07 Å². The van der Waals surface area contributed by atoms with E-state index in [4.69, 9.17) is 25.8 Å². The zero-order chi connectivity index (χ0) is 15.8. The summed E-state index contributed by atoms with van der Waals surface area (Å²) in [5.41, 5.74) is 0.634. The topological polar surface area (TPSA) is 56.8 Å². The molecule has 6 heteroatoms. The quantitative estimate of drug-likeness (QED) is 0.744. The highest BCUT2D eigenvalue weighted by Crippen LogP contribution is 2.36. The first kappa shape index (κ1) is 17.4. The summed E-state index contributed by atoms with van der Waals surface area (Å²) in [5, 5.41) is 3.58. The minimum Gasteiger partial charge on any atom is -0.495 e. The number of benzene rings is 1. The molecular weight excluding hydrogens is 294 g/mol. The molecule has 0 aliphatic heterocycles. The molecule has 0 fully saturated rings. The van der Waals surface area contributed by atoms with Crippen molar-refractivity contribution in [3.63, 3.8) is 0 Å². The first-order valence-corrected chi connectivity index (χ1v) is 7.29. The standard InChI is InChI=1S/C15H22ClNO4/c1-5-7-11(15(18)21-6-2)17-12-8-10(16)13(19-3)9-14(12)20-4/h8-9,11,17H,5-7H2,1-4H3. The number of carbonyl (C=O) groups is 1. The van der Waals surface area contributed by atoms with Gasteiger partial charge in [-0.05, 0) is 19.4 Å². The molecule has 118 valence electrons. The van der Waals surface area contributed by atoms with Crippen molar-refractivity contribution in [3.05, 3.63) is 17.2 Å². The molecule has 1 unspecified atom stereocenters. The molecule has 0 aliphatic rings. The minimum atomic E-state index is -0.437. The number of methoxy groups -OCH3 is 2. The highest BCUT2D eigenvalue weighted by Gasteiger charge is 2.21. The van der Waals surface area contributed by atoms with Crippen molar-refractivity contribution < 1.29 is 19.0 Å². The second kappa shape index (κ2) is 8.62. The number of nitrogens with one attached hydrogen (secondary N) is 1. The molecule has 1 aromatic carbocycles. The van der Waals surface area contributed by atoms with Crippen molar-refractivity contribution in [1.29, 1.82) is 0 Å². The zero-order valence-corrected chi connectivity index (χ0v) is 13.6. The van der Waals surface area contributed by atoms with E-state index in [0.717, 1.165) is 6.42 Å². The number of rotatable bonds is 8. The molecule has 0 amide bonds. The average Bonchev–Trinajstić information content (AvgIpc) is 2.47.